The zero-order chi connectivity index (χ0) is 17.7. The first-order valence-electron chi connectivity index (χ1n) is 6.74. The molecular formula is C16H12Cl3NO4. The highest BCUT2D eigenvalue weighted by molar-refractivity contribution is 6.42. The van der Waals surface area contributed by atoms with E-state index in [4.69, 9.17) is 44.0 Å². The monoisotopic (exact) mass is 387 g/mol. The van der Waals surface area contributed by atoms with Crippen LogP contribution in [0.2, 0.25) is 15.1 Å². The number of hydrogen-bond acceptors (Lipinski definition) is 4. The number of carbonyl (C=O) groups is 2. The van der Waals surface area contributed by atoms with Gasteiger partial charge in [0.2, 0.25) is 0 Å². The van der Waals surface area contributed by atoms with E-state index in [1.54, 1.807) is 12.1 Å². The van der Waals surface area contributed by atoms with Crippen molar-refractivity contribution in [2.24, 2.45) is 0 Å². The van der Waals surface area contributed by atoms with Crippen LogP contribution in [0.25, 0.3) is 6.08 Å². The van der Waals surface area contributed by atoms with Crippen molar-refractivity contribution in [3.8, 4) is 0 Å². The summed E-state index contributed by atoms with van der Waals surface area (Å²) in [6, 6.07) is 6.23. The number of carbonyl (C=O) groups excluding carboxylic acids is 2. The molecule has 1 aromatic carbocycles. The maximum atomic E-state index is 12.1. The highest BCUT2D eigenvalue weighted by Gasteiger charge is 2.19. The fourth-order valence-electron chi connectivity index (χ4n) is 1.69. The van der Waals surface area contributed by atoms with Gasteiger partial charge in [-0.2, -0.15) is 0 Å². The number of esters is 1. The van der Waals surface area contributed by atoms with E-state index in [0.29, 0.717) is 10.8 Å². The molecule has 2 rings (SSSR count). The molecule has 126 valence electrons. The predicted octanol–water partition coefficient (Wildman–Crippen LogP) is 4.82. The molecule has 0 saturated heterocycles. The van der Waals surface area contributed by atoms with Gasteiger partial charge in [-0.15, -0.1) is 0 Å². The predicted molar refractivity (Wildman–Crippen MR) is 93.4 cm³/mol. The normalized spacial score (nSPS) is 12.2. The number of rotatable bonds is 5. The number of anilines is 1. The average Bonchev–Trinajstić information content (AvgIpc) is 3.01. The number of ether oxygens (including phenoxy) is 1. The summed E-state index contributed by atoms with van der Waals surface area (Å²) in [5.74, 6) is -0.785. The van der Waals surface area contributed by atoms with Gasteiger partial charge in [-0.1, -0.05) is 34.8 Å². The standard InChI is InChI=1S/C16H12Cl3NO4/c1-9(24-14(21)5-4-11-3-2-6-23-11)16(22)20-15-12(18)7-10(17)8-13(15)19/h2-9H,1H3,(H,20,22)/b5-4+/t9-/m0/s1. The molecule has 2 aromatic rings. The van der Waals surface area contributed by atoms with Crippen molar-refractivity contribution in [3.63, 3.8) is 0 Å². The van der Waals surface area contributed by atoms with Crippen LogP contribution in [0.5, 0.6) is 0 Å². The molecule has 1 N–H and O–H groups in total. The van der Waals surface area contributed by atoms with Gasteiger partial charge in [-0.05, 0) is 37.3 Å². The molecule has 0 radical (unpaired) electrons. The first-order chi connectivity index (χ1) is 11.4. The smallest absolute Gasteiger partial charge is 0.331 e. The second-order valence-corrected chi connectivity index (χ2v) is 5.91. The van der Waals surface area contributed by atoms with Gasteiger partial charge in [0, 0.05) is 11.1 Å². The summed E-state index contributed by atoms with van der Waals surface area (Å²) in [6.45, 7) is 1.42. The third-order valence-corrected chi connectivity index (χ3v) is 3.66. The topological polar surface area (TPSA) is 68.5 Å². The van der Waals surface area contributed by atoms with E-state index in [1.165, 1.54) is 31.4 Å². The van der Waals surface area contributed by atoms with Gasteiger partial charge in [0.1, 0.15) is 5.76 Å². The molecule has 1 amide bonds. The Kier molecular flexibility index (Phi) is 6.31. The first-order valence-corrected chi connectivity index (χ1v) is 7.88. The first kappa shape index (κ1) is 18.4. The van der Waals surface area contributed by atoms with Gasteiger partial charge in [-0.3, -0.25) is 4.79 Å². The molecule has 0 fully saturated rings. The number of nitrogens with one attached hydrogen (secondary N) is 1. The van der Waals surface area contributed by atoms with Gasteiger partial charge in [-0.25, -0.2) is 4.79 Å². The zero-order valence-electron chi connectivity index (χ0n) is 12.4. The highest BCUT2D eigenvalue weighted by Crippen LogP contribution is 2.33. The van der Waals surface area contributed by atoms with Crippen LogP contribution in [0.4, 0.5) is 5.69 Å². The molecule has 0 saturated carbocycles. The minimum Gasteiger partial charge on any atom is -0.465 e. The van der Waals surface area contributed by atoms with Crippen LogP contribution in [0.15, 0.2) is 41.0 Å². The average molecular weight is 389 g/mol. The summed E-state index contributed by atoms with van der Waals surface area (Å²) in [7, 11) is 0. The Morgan fingerprint density at radius 2 is 1.92 bits per heavy atom. The highest BCUT2D eigenvalue weighted by atomic mass is 35.5. The third-order valence-electron chi connectivity index (χ3n) is 2.84. The van der Waals surface area contributed by atoms with Gasteiger partial charge in [0.05, 0.1) is 22.0 Å². The van der Waals surface area contributed by atoms with Crippen LogP contribution in [0.3, 0.4) is 0 Å². The van der Waals surface area contributed by atoms with Crippen molar-refractivity contribution in [1.29, 1.82) is 0 Å². The van der Waals surface area contributed by atoms with E-state index in [1.807, 2.05) is 0 Å². The molecule has 1 atom stereocenters. The molecule has 0 aliphatic carbocycles. The Morgan fingerprint density at radius 1 is 1.25 bits per heavy atom. The molecule has 8 heteroatoms. The van der Waals surface area contributed by atoms with Crippen molar-refractivity contribution < 1.29 is 18.7 Å². The lowest BCUT2D eigenvalue weighted by molar-refractivity contribution is -0.148. The van der Waals surface area contributed by atoms with E-state index in [9.17, 15) is 9.59 Å². The molecule has 1 aromatic heterocycles. The van der Waals surface area contributed by atoms with Crippen molar-refractivity contribution >= 4 is 58.4 Å². The fraction of sp³-hybridized carbons (Fsp3) is 0.125. The summed E-state index contributed by atoms with van der Waals surface area (Å²) in [5, 5.41) is 3.19. The maximum absolute atomic E-state index is 12.1. The van der Waals surface area contributed by atoms with E-state index in [-0.39, 0.29) is 15.7 Å². The summed E-state index contributed by atoms with van der Waals surface area (Å²) < 4.78 is 10.0. The fourth-order valence-corrected chi connectivity index (χ4v) is 2.60. The molecule has 0 unspecified atom stereocenters. The second-order valence-electron chi connectivity index (χ2n) is 4.66. The Balaban J connectivity index is 1.96. The molecule has 0 aliphatic rings. The van der Waals surface area contributed by atoms with Crippen molar-refractivity contribution in [2.45, 2.75) is 13.0 Å². The summed E-state index contributed by atoms with van der Waals surface area (Å²) in [4.78, 5) is 23.8. The zero-order valence-corrected chi connectivity index (χ0v) is 14.7. The number of amides is 1. The van der Waals surface area contributed by atoms with Crippen LogP contribution in [0, 0.1) is 0 Å². The van der Waals surface area contributed by atoms with E-state index in [0.717, 1.165) is 6.08 Å². The lowest BCUT2D eigenvalue weighted by atomic mass is 10.3. The van der Waals surface area contributed by atoms with Gasteiger partial charge in [0.25, 0.3) is 5.91 Å². The lowest BCUT2D eigenvalue weighted by Gasteiger charge is -2.14. The number of hydrogen-bond donors (Lipinski definition) is 1. The van der Waals surface area contributed by atoms with Gasteiger partial charge < -0.3 is 14.5 Å². The summed E-state index contributed by atoms with van der Waals surface area (Å²) in [6.07, 6.45) is 3.01. The van der Waals surface area contributed by atoms with Gasteiger partial charge in [0.15, 0.2) is 6.10 Å². The Morgan fingerprint density at radius 3 is 2.50 bits per heavy atom. The molecular weight excluding hydrogens is 377 g/mol. The van der Waals surface area contributed by atoms with Crippen LogP contribution in [0.1, 0.15) is 12.7 Å². The van der Waals surface area contributed by atoms with Crippen molar-refractivity contribution in [1.82, 2.24) is 0 Å². The second kappa shape index (κ2) is 8.24. The Labute approximate surface area is 153 Å². The number of benzene rings is 1. The van der Waals surface area contributed by atoms with E-state index >= 15 is 0 Å². The van der Waals surface area contributed by atoms with Crippen LogP contribution < -0.4 is 5.32 Å². The van der Waals surface area contributed by atoms with Crippen LogP contribution in [-0.2, 0) is 14.3 Å². The third kappa shape index (κ3) is 5.03. The number of halogens is 3. The minimum absolute atomic E-state index is 0.178. The van der Waals surface area contributed by atoms with Crippen LogP contribution in [-0.4, -0.2) is 18.0 Å². The summed E-state index contributed by atoms with van der Waals surface area (Å²) in [5.41, 5.74) is 0.196. The van der Waals surface area contributed by atoms with Gasteiger partial charge >= 0.3 is 5.97 Å². The summed E-state index contributed by atoms with van der Waals surface area (Å²) >= 11 is 17.8. The van der Waals surface area contributed by atoms with Crippen molar-refractivity contribution in [2.75, 3.05) is 5.32 Å². The lowest BCUT2D eigenvalue weighted by Crippen LogP contribution is -2.29. The van der Waals surface area contributed by atoms with E-state index < -0.39 is 18.0 Å². The minimum atomic E-state index is -1.05. The molecule has 24 heavy (non-hydrogen) atoms. The SMILES string of the molecule is C[C@H](OC(=O)/C=C/c1ccco1)C(=O)Nc1c(Cl)cc(Cl)cc1Cl. The van der Waals surface area contributed by atoms with E-state index in [2.05, 4.69) is 5.32 Å². The van der Waals surface area contributed by atoms with Crippen molar-refractivity contribution in [3.05, 3.63) is 57.4 Å². The Hall–Kier alpha value is -1.95. The Bertz CT molecular complexity index is 749. The molecule has 0 aliphatic heterocycles. The molecule has 0 spiro atoms. The molecule has 1 heterocycles. The van der Waals surface area contributed by atoms with Crippen LogP contribution >= 0.6 is 34.8 Å². The largest absolute Gasteiger partial charge is 0.465 e. The quantitative estimate of drug-likeness (QED) is 0.589. The number of furan rings is 1. The molecule has 5 nitrogen and oxygen atoms in total. The molecule has 0 bridgehead atoms. The maximum Gasteiger partial charge on any atom is 0.331 e.